The lowest BCUT2D eigenvalue weighted by Gasteiger charge is -2.27. The minimum Gasteiger partial charge on any atom is -0.336 e. The van der Waals surface area contributed by atoms with Crippen molar-refractivity contribution in [2.75, 3.05) is 11.9 Å². The summed E-state index contributed by atoms with van der Waals surface area (Å²) < 4.78 is 1.84. The van der Waals surface area contributed by atoms with Gasteiger partial charge in [-0.05, 0) is 39.8 Å². The number of carbonyl (C=O) groups excluding carboxylic acids is 2. The van der Waals surface area contributed by atoms with E-state index in [1.54, 1.807) is 0 Å². The van der Waals surface area contributed by atoms with Gasteiger partial charge in [-0.1, -0.05) is 48.5 Å². The van der Waals surface area contributed by atoms with E-state index in [2.05, 4.69) is 15.6 Å². The fourth-order valence-corrected chi connectivity index (χ4v) is 3.14. The van der Waals surface area contributed by atoms with E-state index in [9.17, 15) is 9.59 Å². The van der Waals surface area contributed by atoms with Gasteiger partial charge in [0, 0.05) is 29.5 Å². The van der Waals surface area contributed by atoms with Crippen LogP contribution < -0.4 is 10.6 Å². The molecule has 0 aliphatic heterocycles. The summed E-state index contributed by atoms with van der Waals surface area (Å²) in [5, 5.41) is 5.73. The SMILES string of the molecule is CC(C)NC(=O)N(CC(=O)Nc1nc(-c2ccccc2)cn1-c1ccccc1)C(C)C. The van der Waals surface area contributed by atoms with E-state index in [0.29, 0.717) is 5.95 Å². The zero-order chi connectivity index (χ0) is 22.4. The molecule has 3 rings (SSSR count). The van der Waals surface area contributed by atoms with Gasteiger partial charge in [0.05, 0.1) is 5.69 Å². The van der Waals surface area contributed by atoms with Crippen molar-refractivity contribution in [3.05, 3.63) is 66.9 Å². The van der Waals surface area contributed by atoms with Crippen molar-refractivity contribution in [2.24, 2.45) is 0 Å². The van der Waals surface area contributed by atoms with Gasteiger partial charge in [-0.3, -0.25) is 14.7 Å². The number of anilines is 1. The van der Waals surface area contributed by atoms with Crippen LogP contribution in [-0.4, -0.2) is 45.0 Å². The first-order chi connectivity index (χ1) is 14.8. The number of benzene rings is 2. The van der Waals surface area contributed by atoms with Crippen LogP contribution in [0.5, 0.6) is 0 Å². The van der Waals surface area contributed by atoms with Crippen molar-refractivity contribution >= 4 is 17.9 Å². The van der Waals surface area contributed by atoms with E-state index < -0.39 is 0 Å². The molecule has 1 aromatic heterocycles. The lowest BCUT2D eigenvalue weighted by atomic mass is 10.2. The van der Waals surface area contributed by atoms with Crippen molar-refractivity contribution in [3.63, 3.8) is 0 Å². The molecule has 3 aromatic rings. The van der Waals surface area contributed by atoms with Gasteiger partial charge >= 0.3 is 6.03 Å². The number of imidazole rings is 1. The lowest BCUT2D eigenvalue weighted by Crippen LogP contribution is -2.49. The van der Waals surface area contributed by atoms with Crippen molar-refractivity contribution in [1.29, 1.82) is 0 Å². The van der Waals surface area contributed by atoms with Crippen molar-refractivity contribution in [1.82, 2.24) is 19.8 Å². The van der Waals surface area contributed by atoms with Crippen LogP contribution in [-0.2, 0) is 4.79 Å². The van der Waals surface area contributed by atoms with E-state index in [4.69, 9.17) is 0 Å². The normalized spacial score (nSPS) is 10.9. The van der Waals surface area contributed by atoms with Gasteiger partial charge in [0.1, 0.15) is 6.54 Å². The molecule has 0 saturated carbocycles. The number of hydrogen-bond donors (Lipinski definition) is 2. The molecule has 2 aromatic carbocycles. The van der Waals surface area contributed by atoms with Gasteiger partial charge in [0.2, 0.25) is 11.9 Å². The summed E-state index contributed by atoms with van der Waals surface area (Å²) in [5.74, 6) is 0.0954. The highest BCUT2D eigenvalue weighted by molar-refractivity contribution is 5.93. The maximum Gasteiger partial charge on any atom is 0.318 e. The lowest BCUT2D eigenvalue weighted by molar-refractivity contribution is -0.117. The van der Waals surface area contributed by atoms with Gasteiger partial charge in [-0.15, -0.1) is 0 Å². The van der Waals surface area contributed by atoms with E-state index >= 15 is 0 Å². The zero-order valence-electron chi connectivity index (χ0n) is 18.4. The molecule has 0 atom stereocenters. The quantitative estimate of drug-likeness (QED) is 0.599. The minimum absolute atomic E-state index is 0.0118. The summed E-state index contributed by atoms with van der Waals surface area (Å²) in [6.45, 7) is 7.46. The Bertz CT molecular complexity index is 1010. The first-order valence-electron chi connectivity index (χ1n) is 10.4. The molecular weight excluding hydrogens is 390 g/mol. The highest BCUT2D eigenvalue weighted by Gasteiger charge is 2.22. The molecular formula is C24H29N5O2. The Balaban J connectivity index is 1.86. The Labute approximate surface area is 183 Å². The number of nitrogens with one attached hydrogen (secondary N) is 2. The number of amides is 3. The molecule has 0 aliphatic rings. The van der Waals surface area contributed by atoms with Crippen LogP contribution in [0.1, 0.15) is 27.7 Å². The summed E-state index contributed by atoms with van der Waals surface area (Å²) >= 11 is 0. The maximum atomic E-state index is 12.9. The Morgan fingerprint density at radius 1 is 0.968 bits per heavy atom. The van der Waals surface area contributed by atoms with E-state index in [1.807, 2.05) is 99.1 Å². The van der Waals surface area contributed by atoms with Crippen molar-refractivity contribution in [3.8, 4) is 16.9 Å². The fraction of sp³-hybridized carbons (Fsp3) is 0.292. The second kappa shape index (κ2) is 9.93. The Morgan fingerprint density at radius 2 is 1.58 bits per heavy atom. The summed E-state index contributed by atoms with van der Waals surface area (Å²) in [6.07, 6.45) is 1.89. The second-order valence-electron chi connectivity index (χ2n) is 7.90. The molecule has 0 saturated heterocycles. The molecule has 1 heterocycles. The van der Waals surface area contributed by atoms with Crippen LogP contribution in [0.4, 0.5) is 10.7 Å². The number of urea groups is 1. The molecule has 0 radical (unpaired) electrons. The summed E-state index contributed by atoms with van der Waals surface area (Å²) in [6, 6.07) is 19.1. The van der Waals surface area contributed by atoms with Gasteiger partial charge in [0.25, 0.3) is 0 Å². The number of hydrogen-bond acceptors (Lipinski definition) is 3. The Morgan fingerprint density at radius 3 is 2.16 bits per heavy atom. The second-order valence-corrected chi connectivity index (χ2v) is 7.90. The molecule has 0 spiro atoms. The number of aromatic nitrogens is 2. The molecule has 0 unspecified atom stereocenters. The van der Waals surface area contributed by atoms with Crippen LogP contribution in [0.3, 0.4) is 0 Å². The molecule has 7 nitrogen and oxygen atoms in total. The zero-order valence-corrected chi connectivity index (χ0v) is 18.4. The van der Waals surface area contributed by atoms with Gasteiger partial charge in [0.15, 0.2) is 0 Å². The Hall–Kier alpha value is -3.61. The number of nitrogens with zero attached hydrogens (tertiary/aromatic N) is 3. The molecule has 0 aliphatic carbocycles. The first-order valence-corrected chi connectivity index (χ1v) is 10.4. The molecule has 162 valence electrons. The smallest absolute Gasteiger partial charge is 0.318 e. The highest BCUT2D eigenvalue weighted by atomic mass is 16.2. The average Bonchev–Trinajstić information content (AvgIpc) is 3.16. The monoisotopic (exact) mass is 419 g/mol. The Kier molecular flexibility index (Phi) is 7.07. The third-order valence-corrected chi connectivity index (χ3v) is 4.67. The molecule has 31 heavy (non-hydrogen) atoms. The molecule has 7 heteroatoms. The number of carbonyl (C=O) groups is 2. The predicted molar refractivity (Wildman–Crippen MR) is 123 cm³/mol. The summed E-state index contributed by atoms with van der Waals surface area (Å²) in [4.78, 5) is 31.5. The topological polar surface area (TPSA) is 79.3 Å². The van der Waals surface area contributed by atoms with Gasteiger partial charge < -0.3 is 10.2 Å². The summed E-state index contributed by atoms with van der Waals surface area (Å²) in [5.41, 5.74) is 2.58. The standard InChI is InChI=1S/C24H29N5O2/c1-17(2)25-24(31)28(18(3)4)16-22(30)27-23-26-21(19-11-7-5-8-12-19)15-29(23)20-13-9-6-10-14-20/h5-15,17-18H,16H2,1-4H3,(H,25,31)(H,26,27,30). The van der Waals surface area contributed by atoms with E-state index in [1.165, 1.54) is 4.90 Å². The maximum absolute atomic E-state index is 12.9. The van der Waals surface area contributed by atoms with Crippen LogP contribution in [0.15, 0.2) is 66.9 Å². The van der Waals surface area contributed by atoms with Crippen LogP contribution >= 0.6 is 0 Å². The summed E-state index contributed by atoms with van der Waals surface area (Å²) in [7, 11) is 0. The fourth-order valence-electron chi connectivity index (χ4n) is 3.14. The van der Waals surface area contributed by atoms with Crippen molar-refractivity contribution in [2.45, 2.75) is 39.8 Å². The first kappa shape index (κ1) is 22.1. The van der Waals surface area contributed by atoms with E-state index in [-0.39, 0.29) is 30.6 Å². The largest absolute Gasteiger partial charge is 0.336 e. The van der Waals surface area contributed by atoms with E-state index in [0.717, 1.165) is 16.9 Å². The molecule has 3 amide bonds. The van der Waals surface area contributed by atoms with Crippen LogP contribution in [0.25, 0.3) is 16.9 Å². The van der Waals surface area contributed by atoms with Gasteiger partial charge in [-0.25, -0.2) is 9.78 Å². The third-order valence-electron chi connectivity index (χ3n) is 4.67. The highest BCUT2D eigenvalue weighted by Crippen LogP contribution is 2.24. The number of para-hydroxylation sites is 1. The van der Waals surface area contributed by atoms with Crippen LogP contribution in [0.2, 0.25) is 0 Å². The van der Waals surface area contributed by atoms with Crippen LogP contribution in [0, 0.1) is 0 Å². The average molecular weight is 420 g/mol. The molecule has 0 fully saturated rings. The van der Waals surface area contributed by atoms with Crippen molar-refractivity contribution < 1.29 is 9.59 Å². The molecule has 0 bridgehead atoms. The number of rotatable bonds is 7. The molecule has 2 N–H and O–H groups in total. The van der Waals surface area contributed by atoms with Gasteiger partial charge in [-0.2, -0.15) is 0 Å². The minimum atomic E-state index is -0.310. The third kappa shape index (κ3) is 5.72. The predicted octanol–water partition coefficient (Wildman–Crippen LogP) is 4.31.